The van der Waals surface area contributed by atoms with Crippen molar-refractivity contribution in [2.24, 2.45) is 0 Å². The van der Waals surface area contributed by atoms with Crippen LogP contribution in [-0.4, -0.2) is 48.2 Å². The van der Waals surface area contributed by atoms with Crippen molar-refractivity contribution < 1.29 is 14.3 Å². The summed E-state index contributed by atoms with van der Waals surface area (Å²) in [5.41, 5.74) is 1.85. The van der Waals surface area contributed by atoms with Gasteiger partial charge in [-0.1, -0.05) is 24.3 Å². The number of para-hydroxylation sites is 1. The lowest BCUT2D eigenvalue weighted by atomic mass is 10.0. The Labute approximate surface area is 164 Å². The second-order valence-corrected chi connectivity index (χ2v) is 8.16. The number of anilines is 1. The van der Waals surface area contributed by atoms with Crippen molar-refractivity contribution >= 4 is 17.7 Å². The lowest BCUT2D eigenvalue weighted by molar-refractivity contribution is 0.0321. The average molecular weight is 379 g/mol. The summed E-state index contributed by atoms with van der Waals surface area (Å²) < 4.78 is 6.01. The van der Waals surface area contributed by atoms with E-state index in [0.717, 1.165) is 18.5 Å². The topological polar surface area (TPSA) is 61.9 Å². The Hall–Kier alpha value is -2.60. The summed E-state index contributed by atoms with van der Waals surface area (Å²) in [6, 6.07) is 8.01. The number of ether oxygens (including phenoxy) is 1. The largest absolute Gasteiger partial charge is 0.445 e. The molecule has 2 fully saturated rings. The molecule has 3 unspecified atom stereocenters. The zero-order valence-electron chi connectivity index (χ0n) is 16.0. The second-order valence-electron chi connectivity index (χ2n) is 8.16. The lowest BCUT2D eigenvalue weighted by Crippen LogP contribution is -2.46. The van der Waals surface area contributed by atoms with Crippen LogP contribution in [0.4, 0.5) is 10.5 Å². The summed E-state index contributed by atoms with van der Waals surface area (Å²) in [6.07, 6.45) is 10.2. The Bertz CT molecular complexity index is 864. The van der Waals surface area contributed by atoms with E-state index in [1.165, 1.54) is 12.8 Å². The Morgan fingerprint density at radius 2 is 1.93 bits per heavy atom. The first-order valence-corrected chi connectivity index (χ1v) is 10.1. The minimum absolute atomic E-state index is 0.0709. The highest BCUT2D eigenvalue weighted by molar-refractivity contribution is 6.06. The third kappa shape index (κ3) is 2.83. The van der Waals surface area contributed by atoms with Crippen molar-refractivity contribution in [3.8, 4) is 0 Å². The monoisotopic (exact) mass is 379 g/mol. The second kappa shape index (κ2) is 6.78. The Morgan fingerprint density at radius 1 is 1.18 bits per heavy atom. The van der Waals surface area contributed by atoms with Crippen LogP contribution in [-0.2, 0) is 4.74 Å². The number of amides is 2. The first-order chi connectivity index (χ1) is 13.6. The van der Waals surface area contributed by atoms with Gasteiger partial charge in [0, 0.05) is 24.9 Å². The van der Waals surface area contributed by atoms with E-state index in [1.54, 1.807) is 11.0 Å². The molecule has 2 bridgehead atoms. The van der Waals surface area contributed by atoms with Gasteiger partial charge in [0.2, 0.25) is 0 Å². The van der Waals surface area contributed by atoms with Gasteiger partial charge in [0.15, 0.2) is 0 Å². The van der Waals surface area contributed by atoms with Gasteiger partial charge in [-0.3, -0.25) is 4.79 Å². The average Bonchev–Trinajstić information content (AvgIpc) is 2.86. The van der Waals surface area contributed by atoms with Crippen LogP contribution in [0, 0.1) is 0 Å². The van der Waals surface area contributed by atoms with Crippen LogP contribution in [0.25, 0.3) is 0 Å². The Kier molecular flexibility index (Phi) is 4.23. The van der Waals surface area contributed by atoms with Crippen molar-refractivity contribution in [2.75, 3.05) is 11.9 Å². The number of rotatable bonds is 1. The zero-order valence-corrected chi connectivity index (χ0v) is 16.0. The highest BCUT2D eigenvalue weighted by atomic mass is 16.6. The number of nitrogens with one attached hydrogen (secondary N) is 1. The van der Waals surface area contributed by atoms with E-state index in [0.29, 0.717) is 29.8 Å². The minimum Gasteiger partial charge on any atom is -0.445 e. The molecule has 6 nitrogen and oxygen atoms in total. The van der Waals surface area contributed by atoms with Gasteiger partial charge in [0.05, 0.1) is 23.0 Å². The number of hydrogen-bond donors (Lipinski definition) is 1. The molecule has 3 heterocycles. The van der Waals surface area contributed by atoms with Gasteiger partial charge >= 0.3 is 6.09 Å². The number of nitrogens with zero attached hydrogens (tertiary/aromatic N) is 2. The maximum atomic E-state index is 13.3. The van der Waals surface area contributed by atoms with E-state index in [-0.39, 0.29) is 24.1 Å². The van der Waals surface area contributed by atoms with Crippen LogP contribution in [0.1, 0.15) is 42.5 Å². The summed E-state index contributed by atoms with van der Waals surface area (Å²) in [5, 5.41) is 3.04. The number of piperidine rings is 1. The molecule has 1 N–H and O–H groups in total. The molecule has 3 aliphatic heterocycles. The van der Waals surface area contributed by atoms with E-state index in [9.17, 15) is 9.59 Å². The molecule has 1 aliphatic carbocycles. The Balaban J connectivity index is 1.46. The molecule has 6 heteroatoms. The summed E-state index contributed by atoms with van der Waals surface area (Å²) >= 11 is 0. The number of fused-ring (bicyclic) bond motifs is 4. The van der Waals surface area contributed by atoms with Gasteiger partial charge in [-0.15, -0.1) is 0 Å². The van der Waals surface area contributed by atoms with Gasteiger partial charge in [-0.2, -0.15) is 0 Å². The van der Waals surface area contributed by atoms with Gasteiger partial charge in [-0.05, 0) is 44.5 Å². The van der Waals surface area contributed by atoms with Crippen molar-refractivity contribution in [3.05, 3.63) is 53.8 Å². The van der Waals surface area contributed by atoms with Gasteiger partial charge in [-0.25, -0.2) is 9.69 Å². The van der Waals surface area contributed by atoms with Crippen molar-refractivity contribution in [1.29, 1.82) is 0 Å². The molecule has 0 aromatic heterocycles. The molecule has 146 valence electrons. The SMILES string of the molecule is CN1C2CCC1CC(OC(=O)N1C3=CC=CCC3NC(=O)c3ccccc31)C2. The number of carbonyl (C=O) groups is 2. The van der Waals surface area contributed by atoms with E-state index in [2.05, 4.69) is 17.3 Å². The predicted molar refractivity (Wildman–Crippen MR) is 106 cm³/mol. The van der Waals surface area contributed by atoms with Crippen molar-refractivity contribution in [3.63, 3.8) is 0 Å². The molecule has 2 saturated heterocycles. The molecule has 28 heavy (non-hydrogen) atoms. The zero-order chi connectivity index (χ0) is 19.3. The fourth-order valence-electron chi connectivity index (χ4n) is 5.07. The molecule has 1 aromatic carbocycles. The van der Waals surface area contributed by atoms with Crippen LogP contribution in [0.15, 0.2) is 48.2 Å². The van der Waals surface area contributed by atoms with Crippen LogP contribution in [0.3, 0.4) is 0 Å². The highest BCUT2D eigenvalue weighted by Crippen LogP contribution is 2.37. The molecular formula is C22H25N3O3. The van der Waals surface area contributed by atoms with Crippen LogP contribution in [0.2, 0.25) is 0 Å². The van der Waals surface area contributed by atoms with E-state index in [4.69, 9.17) is 4.74 Å². The smallest absolute Gasteiger partial charge is 0.419 e. The minimum atomic E-state index is -0.385. The number of carbonyl (C=O) groups excluding carboxylic acids is 2. The lowest BCUT2D eigenvalue weighted by Gasteiger charge is -2.37. The number of benzene rings is 1. The third-order valence-electron chi connectivity index (χ3n) is 6.59. The maximum Gasteiger partial charge on any atom is 0.419 e. The fraction of sp³-hybridized carbons (Fsp3) is 0.455. The summed E-state index contributed by atoms with van der Waals surface area (Å²) in [6.45, 7) is 0. The fourth-order valence-corrected chi connectivity index (χ4v) is 5.07. The van der Waals surface area contributed by atoms with E-state index >= 15 is 0 Å². The normalized spacial score (nSPS) is 31.4. The third-order valence-corrected chi connectivity index (χ3v) is 6.59. The molecule has 0 spiro atoms. The van der Waals surface area contributed by atoms with Crippen molar-refractivity contribution in [1.82, 2.24) is 10.2 Å². The molecule has 2 amide bonds. The molecule has 1 aromatic rings. The van der Waals surface area contributed by atoms with E-state index in [1.807, 2.05) is 36.4 Å². The molecule has 0 saturated carbocycles. The van der Waals surface area contributed by atoms with Gasteiger partial charge in [0.1, 0.15) is 6.10 Å². The highest BCUT2D eigenvalue weighted by Gasteiger charge is 2.42. The number of hydrogen-bond acceptors (Lipinski definition) is 4. The first kappa shape index (κ1) is 17.5. The van der Waals surface area contributed by atoms with Gasteiger partial charge < -0.3 is 15.0 Å². The molecule has 0 radical (unpaired) electrons. The van der Waals surface area contributed by atoms with Gasteiger partial charge in [0.25, 0.3) is 5.91 Å². The van der Waals surface area contributed by atoms with Crippen LogP contribution in [0.5, 0.6) is 0 Å². The number of allylic oxidation sites excluding steroid dienone is 2. The summed E-state index contributed by atoms with van der Waals surface area (Å²) in [4.78, 5) is 30.1. The molecule has 4 aliphatic rings. The summed E-state index contributed by atoms with van der Waals surface area (Å²) in [5.74, 6) is -0.158. The summed E-state index contributed by atoms with van der Waals surface area (Å²) in [7, 11) is 2.17. The van der Waals surface area contributed by atoms with Crippen LogP contribution >= 0.6 is 0 Å². The molecule has 5 rings (SSSR count). The molecular weight excluding hydrogens is 354 g/mol. The molecule has 3 atom stereocenters. The standard InChI is InChI=1S/C22H25N3O3/c1-24-14-10-11-15(24)13-16(12-14)28-22(27)25-19-8-4-2-6-17(19)21(26)23-18-7-3-5-9-20(18)25/h2-6,8-9,14-16,18H,7,10-13H2,1H3,(H,23,26). The Morgan fingerprint density at radius 3 is 2.71 bits per heavy atom. The predicted octanol–water partition coefficient (Wildman–Crippen LogP) is 3.21. The maximum absolute atomic E-state index is 13.3. The van der Waals surface area contributed by atoms with Crippen LogP contribution < -0.4 is 10.2 Å². The first-order valence-electron chi connectivity index (χ1n) is 10.1. The van der Waals surface area contributed by atoms with Crippen molar-refractivity contribution in [2.45, 2.75) is 56.3 Å². The van der Waals surface area contributed by atoms with E-state index < -0.39 is 0 Å². The quantitative estimate of drug-likeness (QED) is 0.814.